The van der Waals surface area contributed by atoms with Crippen LogP contribution in [0.25, 0.3) is 0 Å². The minimum absolute atomic E-state index is 0. The first kappa shape index (κ1) is 21.7. The van der Waals surface area contributed by atoms with Gasteiger partial charge in [0.15, 0.2) is 5.96 Å². The molecule has 0 radical (unpaired) electrons. The van der Waals surface area contributed by atoms with E-state index in [1.807, 2.05) is 37.3 Å². The number of halogens is 2. The third-order valence-electron chi connectivity index (χ3n) is 4.53. The predicted octanol–water partition coefficient (Wildman–Crippen LogP) is 4.62. The summed E-state index contributed by atoms with van der Waals surface area (Å²) in [5, 5.41) is 6.01. The first-order valence-electron chi connectivity index (χ1n) is 8.76. The van der Waals surface area contributed by atoms with Gasteiger partial charge < -0.3 is 16.4 Å². The highest BCUT2D eigenvalue weighted by molar-refractivity contribution is 14.0. The molecule has 0 atom stereocenters. The van der Waals surface area contributed by atoms with E-state index in [1.54, 1.807) is 0 Å². The molecule has 0 saturated carbocycles. The van der Waals surface area contributed by atoms with Crippen molar-refractivity contribution in [3.8, 4) is 0 Å². The molecule has 1 aliphatic rings. The number of nitrogens with two attached hydrogens (primary N) is 1. The third kappa shape index (κ3) is 5.93. The number of fused-ring (bicyclic) bond motifs is 1. The van der Waals surface area contributed by atoms with Gasteiger partial charge in [-0.3, -0.25) is 4.79 Å². The summed E-state index contributed by atoms with van der Waals surface area (Å²) in [6.07, 6.45) is 4.58. The summed E-state index contributed by atoms with van der Waals surface area (Å²) >= 11 is 3.41. The summed E-state index contributed by atoms with van der Waals surface area (Å²) in [5.74, 6) is 0.0520. The molecule has 0 spiro atoms. The maximum absolute atomic E-state index is 12.1. The highest BCUT2D eigenvalue weighted by Crippen LogP contribution is 2.27. The number of carbonyl (C=O) groups excluding carboxylic acids is 1. The number of carbonyl (C=O) groups is 1. The molecule has 4 N–H and O–H groups in total. The minimum atomic E-state index is -0.203. The second-order valence-corrected chi connectivity index (χ2v) is 7.40. The van der Waals surface area contributed by atoms with E-state index in [4.69, 9.17) is 5.73 Å². The highest BCUT2D eigenvalue weighted by Gasteiger charge is 2.13. The molecule has 0 unspecified atom stereocenters. The zero-order chi connectivity index (χ0) is 18.5. The van der Waals surface area contributed by atoms with Gasteiger partial charge in [-0.2, -0.15) is 0 Å². The van der Waals surface area contributed by atoms with E-state index in [-0.39, 0.29) is 42.4 Å². The van der Waals surface area contributed by atoms with E-state index >= 15 is 0 Å². The zero-order valence-electron chi connectivity index (χ0n) is 15.2. The van der Waals surface area contributed by atoms with Crippen LogP contribution in [0.4, 0.5) is 11.4 Å². The Kier molecular flexibility index (Phi) is 8.09. The van der Waals surface area contributed by atoms with Crippen LogP contribution in [0.15, 0.2) is 45.9 Å². The smallest absolute Gasteiger partial charge is 0.246 e. The Bertz CT molecular complexity index is 854. The van der Waals surface area contributed by atoms with Gasteiger partial charge in [0, 0.05) is 15.8 Å². The number of aliphatic imine (C=N–C) groups is 1. The van der Waals surface area contributed by atoms with Crippen LogP contribution in [0, 0.1) is 6.92 Å². The van der Waals surface area contributed by atoms with Crippen molar-refractivity contribution in [3.05, 3.63) is 57.6 Å². The second-order valence-electron chi connectivity index (χ2n) is 6.48. The minimum Gasteiger partial charge on any atom is -0.370 e. The lowest BCUT2D eigenvalue weighted by atomic mass is 9.90. The number of hydrogen-bond donors (Lipinski definition) is 3. The standard InChI is InChI=1S/C20H23BrN4O.HI/c1-13-9-10-15(21)11-18(13)24-19(26)12-23-20(22)25-17-8-4-6-14-5-2-3-7-16(14)17;/h4,6,8-11H,2-3,5,7,12H2,1H3,(H,24,26)(H3,22,23,25);1H. The van der Waals surface area contributed by atoms with Crippen molar-refractivity contribution in [2.24, 2.45) is 10.7 Å². The Morgan fingerprint density at radius 3 is 2.74 bits per heavy atom. The number of anilines is 2. The van der Waals surface area contributed by atoms with Gasteiger partial charge in [0.2, 0.25) is 5.91 Å². The number of rotatable bonds is 4. The molecule has 0 aliphatic heterocycles. The van der Waals surface area contributed by atoms with Crippen molar-refractivity contribution < 1.29 is 4.79 Å². The lowest BCUT2D eigenvalue weighted by Crippen LogP contribution is -2.26. The number of benzene rings is 2. The normalized spacial score (nSPS) is 13.3. The Morgan fingerprint density at radius 1 is 1.15 bits per heavy atom. The molecule has 1 aliphatic carbocycles. The van der Waals surface area contributed by atoms with Crippen LogP contribution in [0.5, 0.6) is 0 Å². The molecule has 5 nitrogen and oxygen atoms in total. The van der Waals surface area contributed by atoms with Crippen LogP contribution in [0.3, 0.4) is 0 Å². The Balaban J connectivity index is 0.00000261. The van der Waals surface area contributed by atoms with Gasteiger partial charge in [-0.05, 0) is 67.5 Å². The fraction of sp³-hybridized carbons (Fsp3) is 0.300. The molecule has 1 amide bonds. The van der Waals surface area contributed by atoms with E-state index in [0.717, 1.165) is 34.3 Å². The molecular formula is C20H24BrIN4O. The number of hydrogen-bond acceptors (Lipinski definition) is 2. The van der Waals surface area contributed by atoms with E-state index in [0.29, 0.717) is 0 Å². The Hall–Kier alpha value is -1.61. The van der Waals surface area contributed by atoms with Crippen molar-refractivity contribution in [1.82, 2.24) is 0 Å². The summed E-state index contributed by atoms with van der Waals surface area (Å²) in [7, 11) is 0. The summed E-state index contributed by atoms with van der Waals surface area (Å²) < 4.78 is 0.914. The molecule has 0 bridgehead atoms. The molecule has 0 heterocycles. The first-order chi connectivity index (χ1) is 12.5. The molecule has 0 fully saturated rings. The van der Waals surface area contributed by atoms with E-state index in [2.05, 4.69) is 37.6 Å². The largest absolute Gasteiger partial charge is 0.370 e. The lowest BCUT2D eigenvalue weighted by molar-refractivity contribution is -0.114. The van der Waals surface area contributed by atoms with Gasteiger partial charge in [-0.25, -0.2) is 4.99 Å². The van der Waals surface area contributed by atoms with Crippen LogP contribution >= 0.6 is 39.9 Å². The molecule has 3 rings (SSSR count). The first-order valence-corrected chi connectivity index (χ1v) is 9.56. The Morgan fingerprint density at radius 2 is 1.93 bits per heavy atom. The number of amides is 1. The van der Waals surface area contributed by atoms with Crippen molar-refractivity contribution >= 4 is 63.1 Å². The van der Waals surface area contributed by atoms with Crippen molar-refractivity contribution in [1.29, 1.82) is 0 Å². The maximum atomic E-state index is 12.1. The molecule has 0 saturated heterocycles. The number of guanidine groups is 1. The average molecular weight is 543 g/mol. The van der Waals surface area contributed by atoms with E-state index in [9.17, 15) is 4.79 Å². The third-order valence-corrected chi connectivity index (χ3v) is 5.02. The van der Waals surface area contributed by atoms with Gasteiger partial charge in [0.05, 0.1) is 0 Å². The maximum Gasteiger partial charge on any atom is 0.246 e. The summed E-state index contributed by atoms with van der Waals surface area (Å²) in [5.41, 5.74) is 11.4. The number of aryl methyl sites for hydroxylation is 2. The Labute approximate surface area is 185 Å². The van der Waals surface area contributed by atoms with E-state index < -0.39 is 0 Å². The van der Waals surface area contributed by atoms with Gasteiger partial charge in [0.1, 0.15) is 6.54 Å². The van der Waals surface area contributed by atoms with Crippen molar-refractivity contribution in [3.63, 3.8) is 0 Å². The number of nitrogens with one attached hydrogen (secondary N) is 2. The van der Waals surface area contributed by atoms with Crippen LogP contribution in [0.1, 0.15) is 29.5 Å². The lowest BCUT2D eigenvalue weighted by Gasteiger charge is -2.19. The molecule has 144 valence electrons. The second kappa shape index (κ2) is 10.1. The van der Waals surface area contributed by atoms with Crippen LogP contribution in [0.2, 0.25) is 0 Å². The van der Waals surface area contributed by atoms with E-state index in [1.165, 1.54) is 24.0 Å². The molecule has 27 heavy (non-hydrogen) atoms. The van der Waals surface area contributed by atoms with Gasteiger partial charge in [0.25, 0.3) is 0 Å². The fourth-order valence-electron chi connectivity index (χ4n) is 3.15. The SMILES string of the molecule is Cc1ccc(Br)cc1NC(=O)CN=C(N)Nc1cccc2c1CCCC2.I. The zero-order valence-corrected chi connectivity index (χ0v) is 19.1. The highest BCUT2D eigenvalue weighted by atomic mass is 127. The van der Waals surface area contributed by atoms with Crippen molar-refractivity contribution in [2.45, 2.75) is 32.6 Å². The monoisotopic (exact) mass is 542 g/mol. The van der Waals surface area contributed by atoms with Gasteiger partial charge >= 0.3 is 0 Å². The summed E-state index contributed by atoms with van der Waals surface area (Å²) in [6.45, 7) is 1.92. The van der Waals surface area contributed by atoms with Gasteiger partial charge in [-0.1, -0.05) is 34.1 Å². The van der Waals surface area contributed by atoms with Gasteiger partial charge in [-0.15, -0.1) is 24.0 Å². The summed E-state index contributed by atoms with van der Waals surface area (Å²) in [6, 6.07) is 12.0. The van der Waals surface area contributed by atoms with Crippen LogP contribution in [-0.2, 0) is 17.6 Å². The fourth-order valence-corrected chi connectivity index (χ4v) is 3.51. The molecule has 2 aromatic carbocycles. The van der Waals surface area contributed by atoms with Crippen LogP contribution in [-0.4, -0.2) is 18.4 Å². The summed E-state index contributed by atoms with van der Waals surface area (Å²) in [4.78, 5) is 16.3. The molecule has 0 aromatic heterocycles. The molecule has 7 heteroatoms. The number of nitrogens with zero attached hydrogens (tertiary/aromatic N) is 1. The average Bonchev–Trinajstić information content (AvgIpc) is 2.63. The van der Waals surface area contributed by atoms with Crippen molar-refractivity contribution in [2.75, 3.05) is 17.2 Å². The van der Waals surface area contributed by atoms with Crippen LogP contribution < -0.4 is 16.4 Å². The quantitative estimate of drug-likeness (QED) is 0.299. The molecule has 2 aromatic rings. The predicted molar refractivity (Wildman–Crippen MR) is 126 cm³/mol. The topological polar surface area (TPSA) is 79.5 Å². The molecular weight excluding hydrogens is 519 g/mol.